The zero-order chi connectivity index (χ0) is 32.8. The van der Waals surface area contributed by atoms with Crippen LogP contribution in [0, 0.1) is 11.6 Å². The highest BCUT2D eigenvalue weighted by atomic mass is 79.9. The maximum Gasteiger partial charge on any atom is 0.168 e. The summed E-state index contributed by atoms with van der Waals surface area (Å²) in [5.74, 6) is 4.23. The number of nitrogens with one attached hydrogen (secondary N) is 1. The molecule has 14 heteroatoms. The summed E-state index contributed by atoms with van der Waals surface area (Å²) in [6, 6.07) is 14.6. The van der Waals surface area contributed by atoms with Crippen molar-refractivity contribution in [3.8, 4) is 22.9 Å². The Morgan fingerprint density at radius 2 is 1.93 bits per heavy atom. The second-order valence-electron chi connectivity index (χ2n) is 11.4. The average molecular weight is 711 g/mol. The van der Waals surface area contributed by atoms with Crippen molar-refractivity contribution in [1.29, 1.82) is 0 Å². The summed E-state index contributed by atoms with van der Waals surface area (Å²) in [4.78, 5) is 12.3. The monoisotopic (exact) mass is 709 g/mol. The third kappa shape index (κ3) is 5.94. The van der Waals surface area contributed by atoms with Crippen molar-refractivity contribution < 1.29 is 21.9 Å². The fraction of sp³-hybridized carbons (Fsp3) is 0.250. The van der Waals surface area contributed by atoms with Crippen molar-refractivity contribution in [2.24, 2.45) is 23.0 Å². The molecule has 1 atom stereocenters. The van der Waals surface area contributed by atoms with Crippen LogP contribution in [0.4, 0.5) is 8.78 Å². The van der Waals surface area contributed by atoms with Crippen LogP contribution >= 0.6 is 15.9 Å². The predicted octanol–water partition coefficient (Wildman–Crippen LogP) is 6.20. The highest BCUT2D eigenvalue weighted by Crippen LogP contribution is 2.39. The van der Waals surface area contributed by atoms with Crippen LogP contribution in [0.25, 0.3) is 22.3 Å². The normalized spacial score (nSPS) is 19.6. The van der Waals surface area contributed by atoms with Crippen LogP contribution in [0.15, 0.2) is 75.4 Å². The van der Waals surface area contributed by atoms with Crippen LogP contribution in [0.2, 0.25) is 0 Å². The number of ether oxygens (including phenoxy) is 1. The molecule has 1 unspecified atom stereocenters. The van der Waals surface area contributed by atoms with Crippen molar-refractivity contribution in [1.82, 2.24) is 19.7 Å². The minimum atomic E-state index is -3.79. The number of hydrogen-bond donors (Lipinski definition) is 2. The molecule has 1 aliphatic rings. The van der Waals surface area contributed by atoms with E-state index in [2.05, 4.69) is 36.1 Å². The number of nitrogens with zero attached hydrogens (tertiary/aromatic N) is 5. The number of fused-ring (bicyclic) bond motifs is 8. The molecule has 0 amide bonds. The van der Waals surface area contributed by atoms with Gasteiger partial charge in [0.15, 0.2) is 33.1 Å². The lowest BCUT2D eigenvalue weighted by Crippen LogP contribution is -2.32. The number of benzene rings is 3. The number of aromatic amines is 1. The molecule has 0 radical (unpaired) electrons. The molecule has 0 saturated heterocycles. The van der Waals surface area contributed by atoms with Crippen LogP contribution in [0.5, 0.6) is 11.5 Å². The molecule has 0 aliphatic carbocycles. The number of sulfone groups is 1. The summed E-state index contributed by atoms with van der Waals surface area (Å²) in [5, 5.41) is 9.06. The first-order valence-corrected chi connectivity index (χ1v) is 16.9. The summed E-state index contributed by atoms with van der Waals surface area (Å²) < 4.78 is 66.5. The fourth-order valence-corrected chi connectivity index (χ4v) is 7.54. The van der Waals surface area contributed by atoms with Crippen LogP contribution in [-0.4, -0.2) is 51.1 Å². The molecule has 10 nitrogen and oxygen atoms in total. The third-order valence-corrected chi connectivity index (χ3v) is 10.3. The lowest BCUT2D eigenvalue weighted by molar-refractivity contribution is 0.437. The van der Waals surface area contributed by atoms with Gasteiger partial charge in [0.25, 0.3) is 0 Å². The van der Waals surface area contributed by atoms with Crippen molar-refractivity contribution in [2.45, 2.75) is 32.2 Å². The van der Waals surface area contributed by atoms with E-state index >= 15 is 8.78 Å². The second-order valence-corrected chi connectivity index (χ2v) is 14.5. The maximum atomic E-state index is 15.6. The van der Waals surface area contributed by atoms with Crippen LogP contribution in [0.3, 0.4) is 0 Å². The second kappa shape index (κ2) is 12.1. The van der Waals surface area contributed by atoms with Crippen molar-refractivity contribution in [3.05, 3.63) is 93.9 Å². The van der Waals surface area contributed by atoms with Crippen LogP contribution < -0.4 is 10.6 Å². The van der Waals surface area contributed by atoms with Gasteiger partial charge in [-0.05, 0) is 62.2 Å². The lowest BCUT2D eigenvalue weighted by Gasteiger charge is -2.27. The van der Waals surface area contributed by atoms with E-state index in [4.69, 9.17) is 15.6 Å². The van der Waals surface area contributed by atoms with E-state index < -0.39 is 32.6 Å². The standard InChI is InChI=1S/C32H30BrF2N7O3S/c1-18-28(40-36)17-46(43,44)12-10-32(2,19-5-4-6-20(33)13-19)31-39-30(42(3)41-31)23-14-21(7-8-25(23)34)45-29-24(16-38-18)22-9-11-37-27(22)15-26(29)35/h4-9,11,13-15,37H,10,12,16-17,36H2,1-3H3. The van der Waals surface area contributed by atoms with Gasteiger partial charge < -0.3 is 15.6 Å². The highest BCUT2D eigenvalue weighted by Gasteiger charge is 2.36. The van der Waals surface area contributed by atoms with Crippen molar-refractivity contribution in [2.75, 3.05) is 11.5 Å². The first-order valence-electron chi connectivity index (χ1n) is 14.3. The topological polar surface area (TPSA) is 141 Å². The van der Waals surface area contributed by atoms with E-state index in [1.165, 1.54) is 28.9 Å². The van der Waals surface area contributed by atoms with Gasteiger partial charge >= 0.3 is 0 Å². The highest BCUT2D eigenvalue weighted by molar-refractivity contribution is 9.10. The van der Waals surface area contributed by atoms with Crippen molar-refractivity contribution in [3.63, 3.8) is 0 Å². The number of hydrazone groups is 1. The minimum Gasteiger partial charge on any atom is -0.454 e. The Labute approximate surface area is 272 Å². The van der Waals surface area contributed by atoms with Gasteiger partial charge in [-0.15, -0.1) is 0 Å². The number of hydrogen-bond acceptors (Lipinski definition) is 8. The van der Waals surface area contributed by atoms with E-state index in [9.17, 15) is 8.42 Å². The van der Waals surface area contributed by atoms with E-state index in [-0.39, 0.29) is 53.0 Å². The molecule has 0 saturated carbocycles. The van der Waals surface area contributed by atoms with Gasteiger partial charge in [0.05, 0.1) is 40.5 Å². The number of nitrogens with two attached hydrogens (primary N) is 1. The Bertz CT molecular complexity index is 2160. The van der Waals surface area contributed by atoms with E-state index in [1.54, 1.807) is 26.2 Å². The summed E-state index contributed by atoms with van der Waals surface area (Å²) >= 11 is 3.51. The first-order chi connectivity index (χ1) is 21.9. The molecule has 0 spiro atoms. The number of rotatable bonds is 1. The molecule has 4 bridgehead atoms. The Balaban J connectivity index is 1.57. The van der Waals surface area contributed by atoms with Crippen LogP contribution in [0.1, 0.15) is 37.2 Å². The number of halogens is 3. The lowest BCUT2D eigenvalue weighted by atomic mass is 9.79. The van der Waals surface area contributed by atoms with Gasteiger partial charge in [-0.2, -0.15) is 10.2 Å². The van der Waals surface area contributed by atoms with E-state index in [0.29, 0.717) is 22.3 Å². The molecule has 3 heterocycles. The number of aromatic nitrogens is 4. The Kier molecular flexibility index (Phi) is 8.27. The number of H-pyrrole nitrogens is 1. The van der Waals surface area contributed by atoms with Crippen LogP contribution in [-0.2, 0) is 28.8 Å². The third-order valence-electron chi connectivity index (χ3n) is 8.30. The summed E-state index contributed by atoms with van der Waals surface area (Å²) in [5.41, 5.74) is 1.10. The minimum absolute atomic E-state index is 0.0754. The summed E-state index contributed by atoms with van der Waals surface area (Å²) in [7, 11) is -2.16. The number of aliphatic imine (C=N–C) groups is 1. The predicted molar refractivity (Wildman–Crippen MR) is 177 cm³/mol. The molecule has 0 fully saturated rings. The molecule has 2 aromatic heterocycles. The van der Waals surface area contributed by atoms with Gasteiger partial charge in [0.2, 0.25) is 0 Å². The molecule has 6 rings (SSSR count). The Hall–Kier alpha value is -4.43. The Morgan fingerprint density at radius 1 is 1.13 bits per heavy atom. The summed E-state index contributed by atoms with van der Waals surface area (Å²) in [6.45, 7) is 3.38. The van der Waals surface area contributed by atoms with E-state index in [1.807, 2.05) is 31.2 Å². The van der Waals surface area contributed by atoms with Gasteiger partial charge in [-0.3, -0.25) is 4.99 Å². The SMILES string of the molecule is CC1=NCc2c(c(F)cc3[nH]ccc23)Oc2ccc(F)c(c2)-c2nc(nn2C)C(C)(c2cccc(Br)c2)CCS(=O)(=O)CC1=NN. The van der Waals surface area contributed by atoms with Gasteiger partial charge in [-0.1, -0.05) is 28.1 Å². The zero-order valence-corrected chi connectivity index (χ0v) is 27.6. The van der Waals surface area contributed by atoms with Gasteiger partial charge in [-0.25, -0.2) is 26.9 Å². The molecular weight excluding hydrogens is 680 g/mol. The van der Waals surface area contributed by atoms with Crippen molar-refractivity contribution >= 4 is 48.1 Å². The molecular formula is C32H30BrF2N7O3S. The van der Waals surface area contributed by atoms with Gasteiger partial charge in [0.1, 0.15) is 11.6 Å². The smallest absolute Gasteiger partial charge is 0.168 e. The van der Waals surface area contributed by atoms with E-state index in [0.717, 1.165) is 10.0 Å². The number of aryl methyl sites for hydroxylation is 1. The molecule has 1 aliphatic heterocycles. The first kappa shape index (κ1) is 31.5. The molecule has 3 N–H and O–H groups in total. The molecule has 5 aromatic rings. The Morgan fingerprint density at radius 3 is 2.70 bits per heavy atom. The quantitative estimate of drug-likeness (QED) is 0.157. The fourth-order valence-electron chi connectivity index (χ4n) is 5.58. The largest absolute Gasteiger partial charge is 0.454 e. The maximum absolute atomic E-state index is 15.6. The molecule has 238 valence electrons. The zero-order valence-electron chi connectivity index (χ0n) is 25.2. The average Bonchev–Trinajstić information content (AvgIpc) is 3.65. The molecule has 3 aromatic carbocycles. The summed E-state index contributed by atoms with van der Waals surface area (Å²) in [6.07, 6.45) is 1.77. The molecule has 46 heavy (non-hydrogen) atoms. The van der Waals surface area contributed by atoms with Gasteiger partial charge in [0, 0.05) is 40.2 Å².